The first-order chi connectivity index (χ1) is 7.09. The molecule has 0 aromatic heterocycles. The summed E-state index contributed by atoms with van der Waals surface area (Å²) in [5.74, 6) is 0.468. The standard InChI is InChI=1S/C12H18BrNO/c1-9(2)12(14)8-15-7-10-3-5-11(13)6-4-10/h3-6,9,12H,7-8,14H2,1-2H3/t12-/m1/s1. The summed E-state index contributed by atoms with van der Waals surface area (Å²) >= 11 is 3.40. The zero-order chi connectivity index (χ0) is 11.3. The van der Waals surface area contributed by atoms with Crippen LogP contribution in [0.4, 0.5) is 0 Å². The number of hydrogen-bond acceptors (Lipinski definition) is 2. The average Bonchev–Trinajstić information content (AvgIpc) is 2.20. The van der Waals surface area contributed by atoms with Gasteiger partial charge in [-0.3, -0.25) is 0 Å². The Hall–Kier alpha value is -0.380. The van der Waals surface area contributed by atoms with Crippen molar-refractivity contribution in [3.05, 3.63) is 34.3 Å². The Bertz CT molecular complexity index is 284. The van der Waals surface area contributed by atoms with Gasteiger partial charge >= 0.3 is 0 Å². The Labute approximate surface area is 99.9 Å². The third-order valence-corrected chi connectivity index (χ3v) is 2.88. The van der Waals surface area contributed by atoms with Crippen LogP contribution in [0, 0.1) is 5.92 Å². The van der Waals surface area contributed by atoms with Gasteiger partial charge in [0.1, 0.15) is 0 Å². The molecule has 0 saturated heterocycles. The fourth-order valence-corrected chi connectivity index (χ4v) is 1.35. The number of ether oxygens (including phenoxy) is 1. The van der Waals surface area contributed by atoms with Gasteiger partial charge in [-0.05, 0) is 23.6 Å². The fraction of sp³-hybridized carbons (Fsp3) is 0.500. The average molecular weight is 272 g/mol. The molecular formula is C12H18BrNO. The number of halogens is 1. The maximum Gasteiger partial charge on any atom is 0.0717 e. The molecule has 0 aliphatic rings. The number of rotatable bonds is 5. The van der Waals surface area contributed by atoms with Crippen molar-refractivity contribution in [2.75, 3.05) is 6.61 Å². The lowest BCUT2D eigenvalue weighted by atomic mass is 10.1. The Morgan fingerprint density at radius 2 is 1.87 bits per heavy atom. The monoisotopic (exact) mass is 271 g/mol. The van der Waals surface area contributed by atoms with E-state index in [1.165, 1.54) is 5.56 Å². The third kappa shape index (κ3) is 4.78. The zero-order valence-corrected chi connectivity index (χ0v) is 10.8. The van der Waals surface area contributed by atoms with Crippen LogP contribution in [0.15, 0.2) is 28.7 Å². The summed E-state index contributed by atoms with van der Waals surface area (Å²) in [6.07, 6.45) is 0. The van der Waals surface area contributed by atoms with Crippen molar-refractivity contribution in [3.63, 3.8) is 0 Å². The maximum absolute atomic E-state index is 5.87. The van der Waals surface area contributed by atoms with E-state index in [9.17, 15) is 0 Å². The predicted octanol–water partition coefficient (Wildman–Crippen LogP) is 2.95. The lowest BCUT2D eigenvalue weighted by Gasteiger charge is -2.15. The van der Waals surface area contributed by atoms with Crippen LogP contribution in [-0.4, -0.2) is 12.6 Å². The van der Waals surface area contributed by atoms with E-state index in [1.54, 1.807) is 0 Å². The molecule has 0 saturated carbocycles. The van der Waals surface area contributed by atoms with Crippen molar-refractivity contribution in [2.24, 2.45) is 11.7 Å². The van der Waals surface area contributed by atoms with Crippen molar-refractivity contribution in [3.8, 4) is 0 Å². The van der Waals surface area contributed by atoms with Crippen LogP contribution in [0.25, 0.3) is 0 Å². The zero-order valence-electron chi connectivity index (χ0n) is 9.24. The fourth-order valence-electron chi connectivity index (χ4n) is 1.09. The maximum atomic E-state index is 5.87. The summed E-state index contributed by atoms with van der Waals surface area (Å²) in [6, 6.07) is 8.25. The summed E-state index contributed by atoms with van der Waals surface area (Å²) in [7, 11) is 0. The van der Waals surface area contributed by atoms with Gasteiger partial charge in [-0.1, -0.05) is 41.9 Å². The minimum atomic E-state index is 0.125. The Kier molecular flexibility index (Phi) is 5.29. The van der Waals surface area contributed by atoms with Crippen molar-refractivity contribution in [2.45, 2.75) is 26.5 Å². The SMILES string of the molecule is CC(C)[C@H](N)COCc1ccc(Br)cc1. The minimum Gasteiger partial charge on any atom is -0.375 e. The molecule has 0 unspecified atom stereocenters. The highest BCUT2D eigenvalue weighted by atomic mass is 79.9. The first kappa shape index (κ1) is 12.7. The van der Waals surface area contributed by atoms with E-state index < -0.39 is 0 Å². The van der Waals surface area contributed by atoms with E-state index in [2.05, 4.69) is 29.8 Å². The van der Waals surface area contributed by atoms with Crippen LogP contribution in [0.1, 0.15) is 19.4 Å². The number of hydrogen-bond donors (Lipinski definition) is 1. The van der Waals surface area contributed by atoms with E-state index in [4.69, 9.17) is 10.5 Å². The van der Waals surface area contributed by atoms with Gasteiger partial charge in [0.25, 0.3) is 0 Å². The van der Waals surface area contributed by atoms with E-state index in [1.807, 2.05) is 24.3 Å². The highest BCUT2D eigenvalue weighted by Gasteiger charge is 2.06. The molecule has 0 aliphatic carbocycles. The van der Waals surface area contributed by atoms with Crippen LogP contribution in [0.2, 0.25) is 0 Å². The molecule has 3 heteroatoms. The van der Waals surface area contributed by atoms with Gasteiger partial charge in [0, 0.05) is 10.5 Å². The molecule has 1 aromatic rings. The molecule has 0 bridgehead atoms. The van der Waals surface area contributed by atoms with Crippen LogP contribution in [0.5, 0.6) is 0 Å². The second-order valence-corrected chi connectivity index (χ2v) is 4.97. The van der Waals surface area contributed by atoms with Crippen molar-refractivity contribution < 1.29 is 4.74 Å². The second-order valence-electron chi connectivity index (χ2n) is 4.05. The van der Waals surface area contributed by atoms with Crippen LogP contribution >= 0.6 is 15.9 Å². The second kappa shape index (κ2) is 6.26. The minimum absolute atomic E-state index is 0.125. The van der Waals surface area contributed by atoms with E-state index >= 15 is 0 Å². The molecule has 2 nitrogen and oxygen atoms in total. The van der Waals surface area contributed by atoms with Gasteiger partial charge in [-0.25, -0.2) is 0 Å². The highest BCUT2D eigenvalue weighted by Crippen LogP contribution is 2.11. The molecule has 0 fully saturated rings. The molecule has 0 spiro atoms. The number of nitrogens with two attached hydrogens (primary N) is 1. The first-order valence-electron chi connectivity index (χ1n) is 5.17. The Morgan fingerprint density at radius 1 is 1.27 bits per heavy atom. The van der Waals surface area contributed by atoms with Crippen LogP contribution in [-0.2, 0) is 11.3 Å². The van der Waals surface area contributed by atoms with Gasteiger partial charge in [-0.15, -0.1) is 0 Å². The van der Waals surface area contributed by atoms with Gasteiger partial charge < -0.3 is 10.5 Å². The molecule has 0 radical (unpaired) electrons. The lowest BCUT2D eigenvalue weighted by molar-refractivity contribution is 0.0973. The molecular weight excluding hydrogens is 254 g/mol. The summed E-state index contributed by atoms with van der Waals surface area (Å²) < 4.78 is 6.63. The Balaban J connectivity index is 2.29. The molecule has 1 atom stereocenters. The lowest BCUT2D eigenvalue weighted by Crippen LogP contribution is -2.31. The molecule has 15 heavy (non-hydrogen) atoms. The largest absolute Gasteiger partial charge is 0.375 e. The molecule has 2 N–H and O–H groups in total. The van der Waals surface area contributed by atoms with Gasteiger partial charge in [-0.2, -0.15) is 0 Å². The molecule has 84 valence electrons. The van der Waals surface area contributed by atoms with Gasteiger partial charge in [0.05, 0.1) is 13.2 Å². The van der Waals surface area contributed by atoms with Crippen LogP contribution in [0.3, 0.4) is 0 Å². The summed E-state index contributed by atoms with van der Waals surface area (Å²) in [5, 5.41) is 0. The van der Waals surface area contributed by atoms with E-state index in [0.717, 1.165) is 4.47 Å². The van der Waals surface area contributed by atoms with Crippen LogP contribution < -0.4 is 5.73 Å². The van der Waals surface area contributed by atoms with E-state index in [-0.39, 0.29) is 6.04 Å². The molecule has 1 aromatic carbocycles. The van der Waals surface area contributed by atoms with Crippen molar-refractivity contribution >= 4 is 15.9 Å². The Morgan fingerprint density at radius 3 is 2.40 bits per heavy atom. The van der Waals surface area contributed by atoms with Gasteiger partial charge in [0.15, 0.2) is 0 Å². The molecule has 0 heterocycles. The summed E-state index contributed by atoms with van der Waals surface area (Å²) in [5.41, 5.74) is 7.05. The first-order valence-corrected chi connectivity index (χ1v) is 5.96. The third-order valence-electron chi connectivity index (χ3n) is 2.35. The summed E-state index contributed by atoms with van der Waals surface area (Å²) in [4.78, 5) is 0. The highest BCUT2D eigenvalue weighted by molar-refractivity contribution is 9.10. The van der Waals surface area contributed by atoms with E-state index in [0.29, 0.717) is 19.1 Å². The van der Waals surface area contributed by atoms with Gasteiger partial charge in [0.2, 0.25) is 0 Å². The number of benzene rings is 1. The molecule has 1 rings (SSSR count). The smallest absolute Gasteiger partial charge is 0.0717 e. The van der Waals surface area contributed by atoms with Crippen molar-refractivity contribution in [1.82, 2.24) is 0 Å². The molecule has 0 aliphatic heterocycles. The quantitative estimate of drug-likeness (QED) is 0.894. The van der Waals surface area contributed by atoms with Crippen molar-refractivity contribution in [1.29, 1.82) is 0 Å². The predicted molar refractivity (Wildman–Crippen MR) is 66.6 cm³/mol. The summed E-state index contributed by atoms with van der Waals surface area (Å²) in [6.45, 7) is 5.46. The topological polar surface area (TPSA) is 35.2 Å². The normalized spacial score (nSPS) is 13.1. The molecule has 0 amide bonds.